The Labute approximate surface area is 206 Å². The Morgan fingerprint density at radius 1 is 1.06 bits per heavy atom. The SMILES string of the molecule is O=C(Nc1cc(Cl)cc(N2CCCC2)c1)Nc1ccc(Oc2ccnc(-c3cn[nH]c3)c2)cc1F. The van der Waals surface area contributed by atoms with Crippen molar-refractivity contribution in [2.45, 2.75) is 12.8 Å². The summed E-state index contributed by atoms with van der Waals surface area (Å²) in [5.41, 5.74) is 2.97. The first-order valence-corrected chi connectivity index (χ1v) is 11.5. The number of amides is 2. The summed E-state index contributed by atoms with van der Waals surface area (Å²) in [6, 6.07) is 12.4. The van der Waals surface area contributed by atoms with Crippen LogP contribution in [0.15, 0.2) is 67.1 Å². The van der Waals surface area contributed by atoms with Gasteiger partial charge in [-0.1, -0.05) is 11.6 Å². The summed E-state index contributed by atoms with van der Waals surface area (Å²) in [5, 5.41) is 12.4. The maximum absolute atomic E-state index is 14.7. The van der Waals surface area contributed by atoms with Crippen LogP contribution in [0.5, 0.6) is 11.5 Å². The molecule has 3 heterocycles. The van der Waals surface area contributed by atoms with E-state index in [-0.39, 0.29) is 11.4 Å². The van der Waals surface area contributed by atoms with Crippen molar-refractivity contribution in [2.24, 2.45) is 0 Å². The van der Waals surface area contributed by atoms with Gasteiger partial charge in [-0.05, 0) is 49.2 Å². The molecule has 3 N–H and O–H groups in total. The van der Waals surface area contributed by atoms with E-state index in [1.165, 1.54) is 12.1 Å². The fourth-order valence-electron chi connectivity index (χ4n) is 3.91. The first kappa shape index (κ1) is 22.7. The standard InChI is InChI=1S/C25H22ClFN6O2/c26-17-9-18(11-19(10-17)33-7-1-2-8-33)31-25(34)32-23-4-3-20(12-22(23)27)35-21-5-6-28-24(13-21)16-14-29-30-15-16/h3-6,9-15H,1-2,7-8H2,(H,29,30)(H2,31,32,34). The van der Waals surface area contributed by atoms with E-state index in [9.17, 15) is 9.18 Å². The van der Waals surface area contributed by atoms with Gasteiger partial charge in [0, 0.05) is 59.6 Å². The van der Waals surface area contributed by atoms with Gasteiger partial charge in [-0.25, -0.2) is 9.18 Å². The molecule has 1 aliphatic rings. The number of nitrogens with zero attached hydrogens (tertiary/aromatic N) is 3. The number of ether oxygens (including phenoxy) is 1. The van der Waals surface area contributed by atoms with Crippen LogP contribution in [0.1, 0.15) is 12.8 Å². The number of pyridine rings is 1. The lowest BCUT2D eigenvalue weighted by molar-refractivity contribution is 0.262. The van der Waals surface area contributed by atoms with Crippen LogP contribution in [0.4, 0.5) is 26.2 Å². The fraction of sp³-hybridized carbons (Fsp3) is 0.160. The van der Waals surface area contributed by atoms with Gasteiger partial charge in [0.05, 0.1) is 17.6 Å². The van der Waals surface area contributed by atoms with Gasteiger partial charge in [0.15, 0.2) is 0 Å². The van der Waals surface area contributed by atoms with Crippen LogP contribution in [0.3, 0.4) is 0 Å². The molecule has 0 radical (unpaired) electrons. The summed E-state index contributed by atoms with van der Waals surface area (Å²) in [7, 11) is 0. The highest BCUT2D eigenvalue weighted by molar-refractivity contribution is 6.31. The Morgan fingerprint density at radius 2 is 1.89 bits per heavy atom. The first-order valence-electron chi connectivity index (χ1n) is 11.1. The molecular weight excluding hydrogens is 471 g/mol. The van der Waals surface area contributed by atoms with E-state index in [1.807, 2.05) is 12.1 Å². The molecule has 1 fully saturated rings. The molecule has 0 spiro atoms. The summed E-state index contributed by atoms with van der Waals surface area (Å²) in [6.07, 6.45) is 7.21. The number of halogens is 2. The largest absolute Gasteiger partial charge is 0.457 e. The number of aromatic amines is 1. The van der Waals surface area contributed by atoms with Gasteiger partial charge in [-0.15, -0.1) is 0 Å². The van der Waals surface area contributed by atoms with Crippen LogP contribution in [0, 0.1) is 5.82 Å². The van der Waals surface area contributed by atoms with Gasteiger partial charge >= 0.3 is 6.03 Å². The van der Waals surface area contributed by atoms with Crippen LogP contribution in [0.2, 0.25) is 5.02 Å². The number of anilines is 3. The third-order valence-electron chi connectivity index (χ3n) is 5.56. The van der Waals surface area contributed by atoms with Gasteiger partial charge < -0.3 is 20.3 Å². The van der Waals surface area contributed by atoms with E-state index < -0.39 is 11.8 Å². The zero-order valence-electron chi connectivity index (χ0n) is 18.6. The molecule has 0 bridgehead atoms. The number of carbonyl (C=O) groups is 1. The number of carbonyl (C=O) groups excluding carboxylic acids is 1. The predicted molar refractivity (Wildman–Crippen MR) is 134 cm³/mol. The molecule has 35 heavy (non-hydrogen) atoms. The van der Waals surface area contributed by atoms with E-state index in [4.69, 9.17) is 16.3 Å². The average Bonchev–Trinajstić information content (AvgIpc) is 3.56. The Bertz CT molecular complexity index is 1340. The Morgan fingerprint density at radius 3 is 2.66 bits per heavy atom. The van der Waals surface area contributed by atoms with Gasteiger partial charge in [0.2, 0.25) is 0 Å². The topological polar surface area (TPSA) is 95.2 Å². The molecule has 2 amide bonds. The van der Waals surface area contributed by atoms with Crippen molar-refractivity contribution in [2.75, 3.05) is 28.6 Å². The number of nitrogens with one attached hydrogen (secondary N) is 3. The zero-order valence-corrected chi connectivity index (χ0v) is 19.3. The molecule has 4 aromatic rings. The molecule has 0 atom stereocenters. The van der Waals surface area contributed by atoms with Crippen LogP contribution in [-0.2, 0) is 0 Å². The molecule has 0 aliphatic carbocycles. The van der Waals surface area contributed by atoms with Crippen LogP contribution >= 0.6 is 11.6 Å². The second-order valence-corrected chi connectivity index (χ2v) is 8.52. The van der Waals surface area contributed by atoms with Gasteiger partial charge in [0.25, 0.3) is 0 Å². The smallest absolute Gasteiger partial charge is 0.323 e. The highest BCUT2D eigenvalue weighted by Crippen LogP contribution is 2.30. The number of urea groups is 1. The summed E-state index contributed by atoms with van der Waals surface area (Å²) >= 11 is 6.24. The molecular formula is C25H22ClFN6O2. The Balaban J connectivity index is 1.24. The maximum atomic E-state index is 14.7. The molecule has 8 nitrogen and oxygen atoms in total. The van der Waals surface area contributed by atoms with E-state index >= 15 is 0 Å². The zero-order chi connectivity index (χ0) is 24.2. The van der Waals surface area contributed by atoms with Crippen LogP contribution in [0.25, 0.3) is 11.3 Å². The number of hydrogen-bond donors (Lipinski definition) is 3. The third kappa shape index (κ3) is 5.52. The van der Waals surface area contributed by atoms with Gasteiger partial charge in [-0.3, -0.25) is 10.1 Å². The van der Waals surface area contributed by atoms with Crippen molar-refractivity contribution in [3.8, 4) is 22.8 Å². The van der Waals surface area contributed by atoms with Crippen molar-refractivity contribution < 1.29 is 13.9 Å². The van der Waals surface area contributed by atoms with Crippen molar-refractivity contribution in [1.29, 1.82) is 0 Å². The minimum Gasteiger partial charge on any atom is -0.457 e. The minimum absolute atomic E-state index is 0.0189. The van der Waals surface area contributed by atoms with Crippen molar-refractivity contribution in [3.05, 3.63) is 78.0 Å². The Kier molecular flexibility index (Phi) is 6.49. The molecule has 2 aromatic heterocycles. The Hall–Kier alpha value is -4.11. The molecule has 0 saturated carbocycles. The molecule has 2 aromatic carbocycles. The lowest BCUT2D eigenvalue weighted by atomic mass is 10.2. The fourth-order valence-corrected chi connectivity index (χ4v) is 4.14. The molecule has 178 valence electrons. The molecule has 10 heteroatoms. The number of benzene rings is 2. The van der Waals surface area contributed by atoms with E-state index in [2.05, 4.69) is 30.7 Å². The lowest BCUT2D eigenvalue weighted by Gasteiger charge is -2.19. The number of H-pyrrole nitrogens is 1. The van der Waals surface area contributed by atoms with Crippen molar-refractivity contribution in [3.63, 3.8) is 0 Å². The molecule has 1 saturated heterocycles. The predicted octanol–water partition coefficient (Wildman–Crippen LogP) is 6.30. The third-order valence-corrected chi connectivity index (χ3v) is 5.78. The summed E-state index contributed by atoms with van der Waals surface area (Å²) in [5.74, 6) is 0.136. The normalized spacial score (nSPS) is 13.0. The molecule has 1 aliphatic heterocycles. The summed E-state index contributed by atoms with van der Waals surface area (Å²) in [4.78, 5) is 19.0. The average molecular weight is 493 g/mol. The highest BCUT2D eigenvalue weighted by Gasteiger charge is 2.15. The minimum atomic E-state index is -0.634. The first-order chi connectivity index (χ1) is 17.0. The second kappa shape index (κ2) is 10.0. The lowest BCUT2D eigenvalue weighted by Crippen LogP contribution is -2.21. The van der Waals surface area contributed by atoms with Crippen LogP contribution < -0.4 is 20.3 Å². The van der Waals surface area contributed by atoms with E-state index in [1.54, 1.807) is 42.9 Å². The quantitative estimate of drug-likeness (QED) is 0.293. The van der Waals surface area contributed by atoms with E-state index in [0.29, 0.717) is 22.2 Å². The monoisotopic (exact) mass is 492 g/mol. The highest BCUT2D eigenvalue weighted by atomic mass is 35.5. The second-order valence-electron chi connectivity index (χ2n) is 8.08. The van der Waals surface area contributed by atoms with Crippen LogP contribution in [-0.4, -0.2) is 34.3 Å². The number of rotatable bonds is 6. The van der Waals surface area contributed by atoms with Crippen molar-refractivity contribution in [1.82, 2.24) is 15.2 Å². The number of aromatic nitrogens is 3. The summed E-state index contributed by atoms with van der Waals surface area (Å²) in [6.45, 7) is 1.91. The number of hydrogen-bond acceptors (Lipinski definition) is 5. The molecule has 5 rings (SSSR count). The van der Waals surface area contributed by atoms with Gasteiger partial charge in [0.1, 0.15) is 17.3 Å². The van der Waals surface area contributed by atoms with Gasteiger partial charge in [-0.2, -0.15) is 5.10 Å². The van der Waals surface area contributed by atoms with E-state index in [0.717, 1.165) is 37.2 Å². The summed E-state index contributed by atoms with van der Waals surface area (Å²) < 4.78 is 20.5. The van der Waals surface area contributed by atoms with Crippen molar-refractivity contribution >= 4 is 34.7 Å². The molecule has 0 unspecified atom stereocenters. The maximum Gasteiger partial charge on any atom is 0.323 e.